The number of amides is 1. The van der Waals surface area contributed by atoms with Crippen molar-refractivity contribution in [3.63, 3.8) is 0 Å². The first-order chi connectivity index (χ1) is 16.8. The summed E-state index contributed by atoms with van der Waals surface area (Å²) >= 11 is 0. The van der Waals surface area contributed by atoms with Crippen molar-refractivity contribution in [1.29, 1.82) is 0 Å². The third-order valence-corrected chi connectivity index (χ3v) is 8.58. The van der Waals surface area contributed by atoms with Gasteiger partial charge in [0.15, 0.2) is 21.4 Å². The fourth-order valence-corrected chi connectivity index (χ4v) is 6.60. The monoisotopic (exact) mass is 497 g/mol. The lowest BCUT2D eigenvalue weighted by Crippen LogP contribution is -2.38. The fourth-order valence-electron chi connectivity index (χ4n) is 4.80. The van der Waals surface area contributed by atoms with Gasteiger partial charge in [0, 0.05) is 48.1 Å². The van der Waals surface area contributed by atoms with Crippen molar-refractivity contribution >= 4 is 26.6 Å². The maximum Gasteiger partial charge on any atom is 0.221 e. The lowest BCUT2D eigenvalue weighted by Gasteiger charge is -2.22. The summed E-state index contributed by atoms with van der Waals surface area (Å²) in [5.74, 6) is 0.0446. The largest absolute Gasteiger partial charge is 0.485 e. The first kappa shape index (κ1) is 23.7. The minimum Gasteiger partial charge on any atom is -0.485 e. The number of rotatable bonds is 7. The zero-order valence-electron chi connectivity index (χ0n) is 19.5. The number of sulfone groups is 1. The van der Waals surface area contributed by atoms with Crippen molar-refractivity contribution in [2.24, 2.45) is 0 Å². The number of nitrogens with zero attached hydrogens (tertiary/aromatic N) is 2. The first-order valence-electron chi connectivity index (χ1n) is 11.8. The van der Waals surface area contributed by atoms with Crippen LogP contribution in [0, 0.1) is 5.82 Å². The minimum absolute atomic E-state index is 0.0320. The molecule has 3 heterocycles. The molecule has 0 radical (unpaired) electrons. The van der Waals surface area contributed by atoms with Gasteiger partial charge in [-0.3, -0.25) is 9.78 Å². The van der Waals surface area contributed by atoms with Crippen LogP contribution in [-0.4, -0.2) is 68.0 Å². The number of fused-ring (bicyclic) bond motifs is 2. The normalized spacial score (nSPS) is 20.7. The van der Waals surface area contributed by atoms with Crippen LogP contribution in [0.4, 0.5) is 4.39 Å². The third kappa shape index (κ3) is 5.31. The summed E-state index contributed by atoms with van der Waals surface area (Å²) in [7, 11) is -1.11. The molecule has 184 valence electrons. The molecule has 2 unspecified atom stereocenters. The molecule has 0 aliphatic carbocycles. The molecule has 35 heavy (non-hydrogen) atoms. The van der Waals surface area contributed by atoms with E-state index in [1.165, 1.54) is 6.07 Å². The minimum atomic E-state index is -2.95. The highest BCUT2D eigenvalue weighted by Crippen LogP contribution is 2.36. The lowest BCUT2D eigenvalue weighted by atomic mass is 10.0. The van der Waals surface area contributed by atoms with Gasteiger partial charge in [-0.1, -0.05) is 18.2 Å². The number of nitrogens with one attached hydrogen (secondary N) is 1. The molecule has 2 aliphatic heterocycles. The highest BCUT2D eigenvalue weighted by molar-refractivity contribution is 7.91. The van der Waals surface area contributed by atoms with Crippen molar-refractivity contribution in [1.82, 2.24) is 15.2 Å². The van der Waals surface area contributed by atoms with E-state index in [2.05, 4.69) is 10.3 Å². The molecule has 3 aromatic rings. The Kier molecular flexibility index (Phi) is 6.46. The van der Waals surface area contributed by atoms with E-state index >= 15 is 0 Å². The van der Waals surface area contributed by atoms with Crippen molar-refractivity contribution < 1.29 is 22.3 Å². The number of para-hydroxylation sites is 1. The Balaban J connectivity index is 1.16. The number of ether oxygens (including phenoxy) is 1. The van der Waals surface area contributed by atoms with Gasteiger partial charge in [-0.15, -0.1) is 0 Å². The second kappa shape index (κ2) is 9.54. The van der Waals surface area contributed by atoms with E-state index in [9.17, 15) is 17.6 Å². The Morgan fingerprint density at radius 1 is 1.23 bits per heavy atom. The number of hydrogen-bond donors (Lipinski definition) is 1. The first-order valence-corrected chi connectivity index (χ1v) is 13.6. The quantitative estimate of drug-likeness (QED) is 0.540. The SMILES string of the molecule is CN(CCC(=O)NCC1Cc2cc(-c3cnc4ccccc4c3)cc(F)c2O1)C1CCS(=O)(=O)C1. The van der Waals surface area contributed by atoms with Crippen LogP contribution in [0.2, 0.25) is 0 Å². The molecule has 1 saturated heterocycles. The molecular formula is C26H28FN3O4S. The molecule has 2 aromatic carbocycles. The Morgan fingerprint density at radius 3 is 2.86 bits per heavy atom. The number of carbonyl (C=O) groups excluding carboxylic acids is 1. The van der Waals surface area contributed by atoms with Crippen molar-refractivity contribution in [2.45, 2.75) is 31.4 Å². The Hall–Kier alpha value is -3.04. The molecular weight excluding hydrogens is 469 g/mol. The smallest absolute Gasteiger partial charge is 0.221 e. The third-order valence-electron chi connectivity index (χ3n) is 6.83. The molecule has 1 amide bonds. The van der Waals surface area contributed by atoms with Gasteiger partial charge in [0.2, 0.25) is 5.91 Å². The van der Waals surface area contributed by atoms with Gasteiger partial charge in [-0.25, -0.2) is 12.8 Å². The van der Waals surface area contributed by atoms with Crippen molar-refractivity contribution in [2.75, 3.05) is 31.6 Å². The number of carbonyl (C=O) groups is 1. The Morgan fingerprint density at radius 2 is 2.06 bits per heavy atom. The van der Waals surface area contributed by atoms with Gasteiger partial charge in [0.05, 0.1) is 23.6 Å². The number of pyridine rings is 1. The number of halogens is 1. The Bertz CT molecular complexity index is 1380. The highest BCUT2D eigenvalue weighted by Gasteiger charge is 2.31. The van der Waals surface area contributed by atoms with Crippen LogP contribution < -0.4 is 10.1 Å². The van der Waals surface area contributed by atoms with E-state index in [1.54, 1.807) is 6.20 Å². The maximum absolute atomic E-state index is 14.9. The van der Waals surface area contributed by atoms with Gasteiger partial charge in [0.1, 0.15) is 6.10 Å². The van der Waals surface area contributed by atoms with Gasteiger partial charge in [-0.2, -0.15) is 0 Å². The summed E-state index contributed by atoms with van der Waals surface area (Å²) < 4.78 is 44.0. The zero-order chi connectivity index (χ0) is 24.6. The molecule has 1 fully saturated rings. The lowest BCUT2D eigenvalue weighted by molar-refractivity contribution is -0.121. The number of hydrogen-bond acceptors (Lipinski definition) is 6. The van der Waals surface area contributed by atoms with Gasteiger partial charge < -0.3 is 15.0 Å². The van der Waals surface area contributed by atoms with Crippen LogP contribution in [0.25, 0.3) is 22.0 Å². The van der Waals surface area contributed by atoms with E-state index in [0.29, 0.717) is 19.4 Å². The summed E-state index contributed by atoms with van der Waals surface area (Å²) in [5.41, 5.74) is 3.23. The number of aromatic nitrogens is 1. The van der Waals surface area contributed by atoms with E-state index in [4.69, 9.17) is 4.74 Å². The molecule has 2 atom stereocenters. The standard InChI is InChI=1S/C26H28FN3O4S/c1-30(21-7-9-35(32,33)16-21)8-6-25(31)29-15-22-12-19-11-18(13-23(27)26(19)34-22)20-10-17-4-2-3-5-24(17)28-14-20/h2-5,10-11,13-14,21-22H,6-9,12,15-16H2,1H3,(H,29,31). The zero-order valence-corrected chi connectivity index (χ0v) is 20.4. The summed E-state index contributed by atoms with van der Waals surface area (Å²) in [6.45, 7) is 0.761. The van der Waals surface area contributed by atoms with Gasteiger partial charge >= 0.3 is 0 Å². The average Bonchev–Trinajstić information content (AvgIpc) is 3.43. The van der Waals surface area contributed by atoms with E-state index < -0.39 is 15.7 Å². The fraction of sp³-hybridized carbons (Fsp3) is 0.385. The van der Waals surface area contributed by atoms with E-state index in [-0.39, 0.29) is 48.3 Å². The molecule has 0 spiro atoms. The number of benzene rings is 2. The molecule has 2 aliphatic rings. The van der Waals surface area contributed by atoms with Crippen molar-refractivity contribution in [3.05, 3.63) is 60.0 Å². The van der Waals surface area contributed by atoms with Crippen LogP contribution in [-0.2, 0) is 21.1 Å². The van der Waals surface area contributed by atoms with E-state index in [0.717, 1.165) is 27.6 Å². The molecule has 1 aromatic heterocycles. The van der Waals surface area contributed by atoms with Crippen LogP contribution in [0.1, 0.15) is 18.4 Å². The second-order valence-corrected chi connectivity index (χ2v) is 11.6. The van der Waals surface area contributed by atoms with Crippen LogP contribution in [0.3, 0.4) is 0 Å². The topological polar surface area (TPSA) is 88.6 Å². The van der Waals surface area contributed by atoms with Gasteiger partial charge in [0.25, 0.3) is 0 Å². The molecule has 0 bridgehead atoms. The Labute approximate surface area is 204 Å². The van der Waals surface area contributed by atoms with Crippen LogP contribution in [0.5, 0.6) is 5.75 Å². The summed E-state index contributed by atoms with van der Waals surface area (Å²) in [6.07, 6.45) is 2.78. The molecule has 0 saturated carbocycles. The summed E-state index contributed by atoms with van der Waals surface area (Å²) in [4.78, 5) is 18.7. The average molecular weight is 498 g/mol. The molecule has 5 rings (SSSR count). The predicted octanol–water partition coefficient (Wildman–Crippen LogP) is 2.97. The molecule has 7 nitrogen and oxygen atoms in total. The molecule has 1 N–H and O–H groups in total. The molecule has 9 heteroatoms. The summed E-state index contributed by atoms with van der Waals surface area (Å²) in [5, 5.41) is 3.86. The van der Waals surface area contributed by atoms with Crippen LogP contribution >= 0.6 is 0 Å². The second-order valence-electron chi connectivity index (χ2n) is 9.40. The van der Waals surface area contributed by atoms with Crippen molar-refractivity contribution in [3.8, 4) is 16.9 Å². The van der Waals surface area contributed by atoms with Gasteiger partial charge in [-0.05, 0) is 43.3 Å². The highest BCUT2D eigenvalue weighted by atomic mass is 32.2. The van der Waals surface area contributed by atoms with E-state index in [1.807, 2.05) is 48.3 Å². The summed E-state index contributed by atoms with van der Waals surface area (Å²) in [6, 6.07) is 13.1. The predicted molar refractivity (Wildman–Crippen MR) is 133 cm³/mol. The van der Waals surface area contributed by atoms with Crippen LogP contribution in [0.15, 0.2) is 48.7 Å². The maximum atomic E-state index is 14.9.